The summed E-state index contributed by atoms with van der Waals surface area (Å²) in [6.07, 6.45) is 0. The number of hydrogen-bond donors (Lipinski definition) is 0. The molecule has 2 rings (SSSR count). The highest BCUT2D eigenvalue weighted by Gasteiger charge is 2.00. The first kappa shape index (κ1) is 9.43. The lowest BCUT2D eigenvalue weighted by Crippen LogP contribution is -1.97. The van der Waals surface area contributed by atoms with Crippen LogP contribution in [0.4, 0.5) is 0 Å². The lowest BCUT2D eigenvalue weighted by molar-refractivity contribution is 1.65. The van der Waals surface area contributed by atoms with Crippen LogP contribution < -0.4 is 5.30 Å². The van der Waals surface area contributed by atoms with Gasteiger partial charge in [0.1, 0.15) is 0 Å². The summed E-state index contributed by atoms with van der Waals surface area (Å²) in [5, 5.41) is 1.44. The van der Waals surface area contributed by atoms with E-state index in [1.54, 1.807) is 0 Å². The van der Waals surface area contributed by atoms with Gasteiger partial charge in [-0.25, -0.2) is 0 Å². The molecule has 14 heavy (non-hydrogen) atoms. The van der Waals surface area contributed by atoms with Crippen LogP contribution in [0.5, 0.6) is 0 Å². The van der Waals surface area contributed by atoms with Crippen LogP contribution in [0.2, 0.25) is 0 Å². The molecule has 0 saturated heterocycles. The van der Waals surface area contributed by atoms with Crippen molar-refractivity contribution in [3.05, 3.63) is 54.6 Å². The zero-order chi connectivity index (χ0) is 9.80. The third-order valence-corrected chi connectivity index (χ3v) is 3.26. The second-order valence-electron chi connectivity index (χ2n) is 3.16. The van der Waals surface area contributed by atoms with Crippen molar-refractivity contribution in [1.29, 1.82) is 0 Å². The first-order chi connectivity index (χ1) is 6.92. The summed E-state index contributed by atoms with van der Waals surface area (Å²) in [7, 11) is 0.854. The van der Waals surface area contributed by atoms with Gasteiger partial charge in [-0.3, -0.25) is 0 Å². The summed E-state index contributed by atoms with van der Waals surface area (Å²) in [6, 6.07) is 19.2. The minimum absolute atomic E-state index is 0.854. The van der Waals surface area contributed by atoms with Crippen LogP contribution in [0.3, 0.4) is 0 Å². The quantitative estimate of drug-likeness (QED) is 0.652. The van der Waals surface area contributed by atoms with E-state index < -0.39 is 0 Å². The number of rotatable bonds is 2. The molecule has 0 aliphatic rings. The molecule has 70 valence electrons. The minimum Gasteiger partial charge on any atom is -0.0929 e. The third kappa shape index (κ3) is 1.86. The Kier molecular flexibility index (Phi) is 2.96. The molecule has 0 aliphatic carbocycles. The van der Waals surface area contributed by atoms with Gasteiger partial charge in [-0.2, -0.15) is 0 Å². The predicted molar refractivity (Wildman–Crippen MR) is 65.8 cm³/mol. The lowest BCUT2D eigenvalue weighted by Gasteiger charge is -2.06. The fraction of sp³-hybridized carbons (Fsp3) is 0.0769. The Balaban J connectivity index is 2.51. The molecule has 1 heteroatoms. The maximum Gasteiger partial charge on any atom is -0.0110 e. The number of benzene rings is 2. The Hall–Kier alpha value is -1.13. The average Bonchev–Trinajstić information content (AvgIpc) is 2.30. The molecule has 0 aromatic heterocycles. The second-order valence-corrected chi connectivity index (χ2v) is 4.20. The Morgan fingerprint density at radius 1 is 0.786 bits per heavy atom. The standard InChI is InChI=1S/C13H13P/c1-14-13-10-6-5-9-12(13)11-7-3-2-4-8-11/h2-10,14H,1H3. The maximum absolute atomic E-state index is 2.22. The van der Waals surface area contributed by atoms with Gasteiger partial charge in [0.15, 0.2) is 0 Å². The van der Waals surface area contributed by atoms with Crippen LogP contribution in [0.15, 0.2) is 54.6 Å². The Morgan fingerprint density at radius 2 is 1.43 bits per heavy atom. The summed E-state index contributed by atoms with van der Waals surface area (Å²) in [6.45, 7) is 2.22. The van der Waals surface area contributed by atoms with Gasteiger partial charge in [0.2, 0.25) is 0 Å². The molecule has 2 aromatic carbocycles. The van der Waals surface area contributed by atoms with Crippen LogP contribution in [0.25, 0.3) is 11.1 Å². The average molecular weight is 200 g/mol. The lowest BCUT2D eigenvalue weighted by atomic mass is 10.1. The van der Waals surface area contributed by atoms with Gasteiger partial charge in [0.25, 0.3) is 0 Å². The van der Waals surface area contributed by atoms with Crippen LogP contribution in [0.1, 0.15) is 0 Å². The molecule has 2 aromatic rings. The summed E-state index contributed by atoms with van der Waals surface area (Å²) >= 11 is 0. The van der Waals surface area contributed by atoms with E-state index in [1.165, 1.54) is 16.4 Å². The van der Waals surface area contributed by atoms with Gasteiger partial charge in [-0.05, 0) is 23.1 Å². The van der Waals surface area contributed by atoms with Crippen molar-refractivity contribution in [2.75, 3.05) is 6.66 Å². The van der Waals surface area contributed by atoms with Crippen LogP contribution in [-0.2, 0) is 0 Å². The molecule has 0 radical (unpaired) electrons. The van der Waals surface area contributed by atoms with Crippen LogP contribution in [0, 0.1) is 0 Å². The fourth-order valence-electron chi connectivity index (χ4n) is 1.57. The molecule has 0 amide bonds. The van der Waals surface area contributed by atoms with Gasteiger partial charge in [-0.15, -0.1) is 0 Å². The van der Waals surface area contributed by atoms with Crippen LogP contribution in [-0.4, -0.2) is 6.66 Å². The van der Waals surface area contributed by atoms with Crippen molar-refractivity contribution < 1.29 is 0 Å². The molecule has 0 N–H and O–H groups in total. The SMILES string of the molecule is CPc1ccccc1-c1ccccc1. The van der Waals surface area contributed by atoms with E-state index in [4.69, 9.17) is 0 Å². The summed E-state index contributed by atoms with van der Waals surface area (Å²) in [5.74, 6) is 0. The molecule has 1 unspecified atom stereocenters. The number of hydrogen-bond acceptors (Lipinski definition) is 0. The molecule has 0 aliphatic heterocycles. The maximum atomic E-state index is 2.22. The van der Waals surface area contributed by atoms with Gasteiger partial charge in [-0.1, -0.05) is 63.2 Å². The summed E-state index contributed by atoms with van der Waals surface area (Å²) in [5.41, 5.74) is 2.69. The van der Waals surface area contributed by atoms with Crippen molar-refractivity contribution in [2.45, 2.75) is 0 Å². The molecule has 0 fully saturated rings. The minimum atomic E-state index is 0.854. The molecular formula is C13H13P. The predicted octanol–water partition coefficient (Wildman–Crippen LogP) is 3.29. The van der Waals surface area contributed by atoms with Crippen molar-refractivity contribution in [2.24, 2.45) is 0 Å². The molecule has 0 heterocycles. The first-order valence-corrected chi connectivity index (χ1v) is 6.24. The van der Waals surface area contributed by atoms with Gasteiger partial charge in [0, 0.05) is 0 Å². The van der Waals surface area contributed by atoms with E-state index >= 15 is 0 Å². The monoisotopic (exact) mass is 200 g/mol. The molecule has 0 bridgehead atoms. The highest BCUT2D eigenvalue weighted by atomic mass is 31.1. The Morgan fingerprint density at radius 3 is 2.14 bits per heavy atom. The Bertz CT molecular complexity index is 407. The van der Waals surface area contributed by atoms with E-state index in [0.29, 0.717) is 0 Å². The van der Waals surface area contributed by atoms with E-state index in [2.05, 4.69) is 61.3 Å². The van der Waals surface area contributed by atoms with E-state index in [9.17, 15) is 0 Å². The van der Waals surface area contributed by atoms with Crippen molar-refractivity contribution in [3.8, 4) is 11.1 Å². The van der Waals surface area contributed by atoms with Crippen molar-refractivity contribution >= 4 is 13.9 Å². The largest absolute Gasteiger partial charge is 0.0929 e. The van der Waals surface area contributed by atoms with Gasteiger partial charge >= 0.3 is 0 Å². The normalized spacial score (nSPS) is 10.9. The topological polar surface area (TPSA) is 0 Å². The zero-order valence-electron chi connectivity index (χ0n) is 8.20. The molecule has 0 saturated carbocycles. The van der Waals surface area contributed by atoms with Gasteiger partial charge < -0.3 is 0 Å². The molecule has 0 spiro atoms. The van der Waals surface area contributed by atoms with Crippen molar-refractivity contribution in [3.63, 3.8) is 0 Å². The second kappa shape index (κ2) is 4.39. The molecule has 0 nitrogen and oxygen atoms in total. The Labute approximate surface area is 86.8 Å². The summed E-state index contributed by atoms with van der Waals surface area (Å²) < 4.78 is 0. The van der Waals surface area contributed by atoms with E-state index in [1.807, 2.05) is 0 Å². The van der Waals surface area contributed by atoms with Crippen molar-refractivity contribution in [1.82, 2.24) is 0 Å². The third-order valence-electron chi connectivity index (χ3n) is 2.28. The fourth-order valence-corrected chi connectivity index (χ4v) is 2.33. The first-order valence-electron chi connectivity index (χ1n) is 4.74. The highest BCUT2D eigenvalue weighted by molar-refractivity contribution is 7.46. The van der Waals surface area contributed by atoms with E-state index in [-0.39, 0.29) is 0 Å². The van der Waals surface area contributed by atoms with E-state index in [0.717, 1.165) is 8.58 Å². The molecule has 1 atom stereocenters. The summed E-state index contributed by atoms with van der Waals surface area (Å²) in [4.78, 5) is 0. The zero-order valence-corrected chi connectivity index (χ0v) is 9.20. The highest BCUT2D eigenvalue weighted by Crippen LogP contribution is 2.21. The molecular weight excluding hydrogens is 187 g/mol. The van der Waals surface area contributed by atoms with Crippen LogP contribution >= 0.6 is 8.58 Å². The van der Waals surface area contributed by atoms with Gasteiger partial charge in [0.05, 0.1) is 0 Å². The smallest absolute Gasteiger partial charge is 0.0110 e.